The van der Waals surface area contributed by atoms with Crippen LogP contribution >= 0.6 is 0 Å². The van der Waals surface area contributed by atoms with E-state index in [1.807, 2.05) is 12.1 Å². The zero-order chi connectivity index (χ0) is 12.5. The minimum atomic E-state index is -0.404. The molecule has 0 aliphatic carbocycles. The van der Waals surface area contributed by atoms with Crippen molar-refractivity contribution in [2.75, 3.05) is 20.3 Å². The van der Waals surface area contributed by atoms with Crippen LogP contribution < -0.4 is 5.32 Å². The number of hydrogen-bond acceptors (Lipinski definition) is 4. The largest absolute Gasteiger partial charge is 0.467 e. The van der Waals surface area contributed by atoms with Gasteiger partial charge in [-0.3, -0.25) is 4.79 Å². The van der Waals surface area contributed by atoms with E-state index >= 15 is 0 Å². The molecule has 1 rings (SSSR count). The molecule has 1 atom stereocenters. The molecule has 96 valence electrons. The molecule has 1 heterocycles. The van der Waals surface area contributed by atoms with Crippen LogP contribution in [-0.4, -0.2) is 32.3 Å². The highest BCUT2D eigenvalue weighted by molar-refractivity contribution is 5.80. The zero-order valence-electron chi connectivity index (χ0n) is 10.3. The molecule has 5 nitrogen and oxygen atoms in total. The van der Waals surface area contributed by atoms with Gasteiger partial charge >= 0.3 is 0 Å². The Balaban J connectivity index is 1.96. The minimum absolute atomic E-state index is 0.0986. The number of rotatable bonds is 8. The highest BCUT2D eigenvalue weighted by Gasteiger charge is 2.09. The maximum Gasteiger partial charge on any atom is 0.248 e. The fourth-order valence-corrected chi connectivity index (χ4v) is 1.20. The van der Waals surface area contributed by atoms with Crippen molar-refractivity contribution in [1.29, 1.82) is 0 Å². The summed E-state index contributed by atoms with van der Waals surface area (Å²) in [5.41, 5.74) is 0. The first-order valence-electron chi connectivity index (χ1n) is 5.64. The summed E-state index contributed by atoms with van der Waals surface area (Å²) in [4.78, 5) is 11.3. The predicted octanol–water partition coefficient (Wildman–Crippen LogP) is 1.34. The average Bonchev–Trinajstić information content (AvgIpc) is 2.85. The van der Waals surface area contributed by atoms with Crippen LogP contribution in [0.4, 0.5) is 0 Å². The summed E-state index contributed by atoms with van der Waals surface area (Å²) in [6.07, 6.45) is 1.98. The lowest BCUT2D eigenvalue weighted by Crippen LogP contribution is -2.34. The summed E-state index contributed by atoms with van der Waals surface area (Å²) in [5.74, 6) is 0.709. The van der Waals surface area contributed by atoms with E-state index in [0.29, 0.717) is 19.8 Å². The molecule has 0 fully saturated rings. The van der Waals surface area contributed by atoms with Crippen molar-refractivity contribution in [3.63, 3.8) is 0 Å². The van der Waals surface area contributed by atoms with Gasteiger partial charge in [0.25, 0.3) is 0 Å². The highest BCUT2D eigenvalue weighted by atomic mass is 16.5. The third kappa shape index (κ3) is 5.51. The first-order chi connectivity index (χ1) is 8.24. The van der Waals surface area contributed by atoms with Crippen LogP contribution in [0.1, 0.15) is 19.1 Å². The van der Waals surface area contributed by atoms with E-state index in [0.717, 1.165) is 12.2 Å². The third-order valence-corrected chi connectivity index (χ3v) is 2.31. The van der Waals surface area contributed by atoms with Crippen LogP contribution in [0, 0.1) is 0 Å². The average molecular weight is 241 g/mol. The van der Waals surface area contributed by atoms with E-state index in [1.165, 1.54) is 7.11 Å². The zero-order valence-corrected chi connectivity index (χ0v) is 10.3. The molecule has 1 unspecified atom stereocenters. The van der Waals surface area contributed by atoms with E-state index in [1.54, 1.807) is 13.2 Å². The van der Waals surface area contributed by atoms with Gasteiger partial charge in [0.05, 0.1) is 6.26 Å². The van der Waals surface area contributed by atoms with Crippen molar-refractivity contribution in [3.05, 3.63) is 24.2 Å². The van der Waals surface area contributed by atoms with Gasteiger partial charge in [0.1, 0.15) is 18.5 Å². The van der Waals surface area contributed by atoms with Crippen molar-refractivity contribution in [2.24, 2.45) is 0 Å². The number of carbonyl (C=O) groups is 1. The number of nitrogens with one attached hydrogen (secondary N) is 1. The molecule has 1 aromatic heterocycles. The normalized spacial score (nSPS) is 12.4. The molecule has 17 heavy (non-hydrogen) atoms. The SMILES string of the molecule is COC(C)C(=O)NCCCOCc1ccco1. The lowest BCUT2D eigenvalue weighted by atomic mass is 10.3. The standard InChI is InChI=1S/C12H19NO4/c1-10(15-2)12(14)13-6-4-7-16-9-11-5-3-8-17-11/h3,5,8,10H,4,6-7,9H2,1-2H3,(H,13,14). The molecule has 0 aromatic carbocycles. The van der Waals surface area contributed by atoms with E-state index in [2.05, 4.69) is 5.32 Å². The smallest absolute Gasteiger partial charge is 0.248 e. The van der Waals surface area contributed by atoms with Gasteiger partial charge in [-0.1, -0.05) is 0 Å². The van der Waals surface area contributed by atoms with Gasteiger partial charge in [-0.15, -0.1) is 0 Å². The number of amides is 1. The predicted molar refractivity (Wildman–Crippen MR) is 62.5 cm³/mol. The second kappa shape index (κ2) is 7.86. The molecule has 1 aromatic rings. The van der Waals surface area contributed by atoms with Crippen LogP contribution in [0.15, 0.2) is 22.8 Å². The Hall–Kier alpha value is -1.33. The monoisotopic (exact) mass is 241 g/mol. The van der Waals surface area contributed by atoms with E-state index in [9.17, 15) is 4.79 Å². The van der Waals surface area contributed by atoms with Crippen LogP contribution in [0.3, 0.4) is 0 Å². The fraction of sp³-hybridized carbons (Fsp3) is 0.583. The van der Waals surface area contributed by atoms with E-state index in [4.69, 9.17) is 13.9 Å². The molecule has 0 aliphatic rings. The summed E-state index contributed by atoms with van der Waals surface area (Å²) >= 11 is 0. The topological polar surface area (TPSA) is 60.7 Å². The van der Waals surface area contributed by atoms with Gasteiger partial charge in [-0.05, 0) is 25.5 Å². The Morgan fingerprint density at radius 1 is 1.59 bits per heavy atom. The number of furan rings is 1. The van der Waals surface area contributed by atoms with Crippen molar-refractivity contribution >= 4 is 5.91 Å². The van der Waals surface area contributed by atoms with Gasteiger partial charge < -0.3 is 19.2 Å². The minimum Gasteiger partial charge on any atom is -0.467 e. The molecule has 0 saturated heterocycles. The van der Waals surface area contributed by atoms with Crippen molar-refractivity contribution in [3.8, 4) is 0 Å². The van der Waals surface area contributed by atoms with Crippen molar-refractivity contribution in [1.82, 2.24) is 5.32 Å². The molecule has 0 saturated carbocycles. The quantitative estimate of drug-likeness (QED) is 0.698. The Labute approximate surface area is 101 Å². The van der Waals surface area contributed by atoms with Crippen LogP contribution in [0.2, 0.25) is 0 Å². The molecule has 1 amide bonds. The Morgan fingerprint density at radius 2 is 2.41 bits per heavy atom. The summed E-state index contributed by atoms with van der Waals surface area (Å²) in [5, 5.41) is 2.76. The lowest BCUT2D eigenvalue weighted by Gasteiger charge is -2.10. The molecule has 0 aliphatic heterocycles. The van der Waals surface area contributed by atoms with Crippen molar-refractivity contribution in [2.45, 2.75) is 26.1 Å². The van der Waals surface area contributed by atoms with Crippen LogP contribution in [0.25, 0.3) is 0 Å². The summed E-state index contributed by atoms with van der Waals surface area (Å²) in [7, 11) is 1.51. The summed E-state index contributed by atoms with van der Waals surface area (Å²) < 4.78 is 15.4. The van der Waals surface area contributed by atoms with Gasteiger partial charge in [0, 0.05) is 20.3 Å². The van der Waals surface area contributed by atoms with Crippen molar-refractivity contribution < 1.29 is 18.7 Å². The maximum atomic E-state index is 11.3. The molecule has 0 spiro atoms. The van der Waals surface area contributed by atoms with Crippen LogP contribution in [0.5, 0.6) is 0 Å². The molecular weight excluding hydrogens is 222 g/mol. The fourth-order valence-electron chi connectivity index (χ4n) is 1.20. The number of carbonyl (C=O) groups excluding carboxylic acids is 1. The number of ether oxygens (including phenoxy) is 2. The molecule has 1 N–H and O–H groups in total. The first kappa shape index (κ1) is 13.7. The van der Waals surface area contributed by atoms with Gasteiger partial charge in [0.15, 0.2) is 0 Å². The number of methoxy groups -OCH3 is 1. The van der Waals surface area contributed by atoms with E-state index < -0.39 is 6.10 Å². The Bertz CT molecular complexity index is 310. The molecule has 0 bridgehead atoms. The first-order valence-corrected chi connectivity index (χ1v) is 5.64. The molecular formula is C12H19NO4. The van der Waals surface area contributed by atoms with E-state index in [-0.39, 0.29) is 5.91 Å². The molecule has 5 heteroatoms. The molecule has 0 radical (unpaired) electrons. The second-order valence-electron chi connectivity index (χ2n) is 3.65. The Morgan fingerprint density at radius 3 is 3.06 bits per heavy atom. The van der Waals surface area contributed by atoms with Crippen LogP contribution in [-0.2, 0) is 20.9 Å². The Kier molecular flexibility index (Phi) is 6.35. The summed E-state index contributed by atoms with van der Waals surface area (Å²) in [6.45, 7) is 3.35. The lowest BCUT2D eigenvalue weighted by molar-refractivity contribution is -0.130. The van der Waals surface area contributed by atoms with Gasteiger partial charge in [0.2, 0.25) is 5.91 Å². The summed E-state index contributed by atoms with van der Waals surface area (Å²) in [6, 6.07) is 3.69. The van der Waals surface area contributed by atoms with Gasteiger partial charge in [-0.25, -0.2) is 0 Å². The second-order valence-corrected chi connectivity index (χ2v) is 3.65. The third-order valence-electron chi connectivity index (χ3n) is 2.31. The van der Waals surface area contributed by atoms with Gasteiger partial charge in [-0.2, -0.15) is 0 Å². The highest BCUT2D eigenvalue weighted by Crippen LogP contribution is 2.01. The number of hydrogen-bond donors (Lipinski definition) is 1. The maximum absolute atomic E-state index is 11.3.